The number of sulfone groups is 1. The van der Waals surface area contributed by atoms with E-state index in [1.165, 1.54) is 0 Å². The Kier molecular flexibility index (Phi) is 5.88. The number of carbonyl (C=O) groups excluding carboxylic acids is 2. The summed E-state index contributed by atoms with van der Waals surface area (Å²) < 4.78 is 28.1. The van der Waals surface area contributed by atoms with Crippen LogP contribution in [-0.4, -0.2) is 38.8 Å². The van der Waals surface area contributed by atoms with Crippen molar-refractivity contribution in [2.45, 2.75) is 25.7 Å². The monoisotopic (exact) mass is 404 g/mol. The van der Waals surface area contributed by atoms with Gasteiger partial charge in [0.25, 0.3) is 0 Å². The molecule has 2 N–H and O–H groups in total. The molecule has 2 amide bonds. The molecule has 28 heavy (non-hydrogen) atoms. The summed E-state index contributed by atoms with van der Waals surface area (Å²) in [6.45, 7) is 1.76. The van der Waals surface area contributed by atoms with Crippen molar-refractivity contribution in [2.24, 2.45) is 5.92 Å². The molecule has 1 aliphatic rings. The third-order valence-electron chi connectivity index (χ3n) is 5.09. The molecule has 1 aliphatic heterocycles. The lowest BCUT2D eigenvalue weighted by molar-refractivity contribution is -0.129. The molecule has 1 fully saturated rings. The lowest BCUT2D eigenvalue weighted by Gasteiger charge is -2.15. The number of hydrogen-bond acceptors (Lipinski definition) is 5. The van der Waals surface area contributed by atoms with Crippen LogP contribution in [0, 0.1) is 5.92 Å². The summed E-state index contributed by atoms with van der Waals surface area (Å²) >= 11 is 0. The van der Waals surface area contributed by atoms with Gasteiger partial charge < -0.3 is 4.74 Å². The highest BCUT2D eigenvalue weighted by atomic mass is 32.2. The Morgan fingerprint density at radius 1 is 1.14 bits per heavy atom. The number of carbonyl (C=O) groups is 2. The van der Waals surface area contributed by atoms with Crippen LogP contribution in [0.15, 0.2) is 36.4 Å². The van der Waals surface area contributed by atoms with Crippen molar-refractivity contribution in [1.82, 2.24) is 10.9 Å². The first-order chi connectivity index (χ1) is 13.3. The highest BCUT2D eigenvalue weighted by Crippen LogP contribution is 2.25. The maximum absolute atomic E-state index is 12.4. The second-order valence-corrected chi connectivity index (χ2v) is 9.43. The standard InChI is InChI=1S/C20H24N2O5S/c1-13(15-3-4-17-11-18(27-2)6-5-16(17)10-15)20(24)22-21-19(23)9-14-7-8-28(25,26)12-14/h3-6,10-11,13-14H,7-9,12H2,1-2H3,(H,21,23)(H,22,24)/t13-,14+/m0/s1. The van der Waals surface area contributed by atoms with Gasteiger partial charge in [-0.25, -0.2) is 8.42 Å². The van der Waals surface area contributed by atoms with Gasteiger partial charge in [-0.05, 0) is 47.7 Å². The predicted molar refractivity (Wildman–Crippen MR) is 107 cm³/mol. The lowest BCUT2D eigenvalue weighted by Crippen LogP contribution is -2.44. The van der Waals surface area contributed by atoms with E-state index in [1.54, 1.807) is 14.0 Å². The summed E-state index contributed by atoms with van der Waals surface area (Å²) in [6.07, 6.45) is 0.577. The Labute approximate surface area is 164 Å². The molecule has 2 aromatic rings. The fourth-order valence-corrected chi connectivity index (χ4v) is 5.24. The first-order valence-corrected chi connectivity index (χ1v) is 11.0. The Morgan fingerprint density at radius 3 is 2.54 bits per heavy atom. The van der Waals surface area contributed by atoms with Crippen LogP contribution in [0.25, 0.3) is 10.8 Å². The van der Waals surface area contributed by atoms with Gasteiger partial charge in [-0.3, -0.25) is 20.4 Å². The molecule has 2 aromatic carbocycles. The normalized spacial score (nSPS) is 19.1. The second kappa shape index (κ2) is 8.18. The summed E-state index contributed by atoms with van der Waals surface area (Å²) in [5.74, 6) is -0.428. The van der Waals surface area contributed by atoms with Crippen molar-refractivity contribution in [2.75, 3.05) is 18.6 Å². The van der Waals surface area contributed by atoms with Crippen molar-refractivity contribution >= 4 is 32.4 Å². The van der Waals surface area contributed by atoms with E-state index in [4.69, 9.17) is 4.74 Å². The fraction of sp³-hybridized carbons (Fsp3) is 0.400. The van der Waals surface area contributed by atoms with E-state index in [2.05, 4.69) is 10.9 Å². The van der Waals surface area contributed by atoms with Gasteiger partial charge in [0.15, 0.2) is 9.84 Å². The largest absolute Gasteiger partial charge is 0.497 e. The maximum Gasteiger partial charge on any atom is 0.245 e. The summed E-state index contributed by atoms with van der Waals surface area (Å²) in [6, 6.07) is 11.4. The van der Waals surface area contributed by atoms with Crippen LogP contribution in [0.5, 0.6) is 5.75 Å². The minimum absolute atomic E-state index is 0.0344. The molecule has 0 spiro atoms. The summed E-state index contributed by atoms with van der Waals surface area (Å²) in [4.78, 5) is 24.4. The van der Waals surface area contributed by atoms with E-state index >= 15 is 0 Å². The summed E-state index contributed by atoms with van der Waals surface area (Å²) in [5.41, 5.74) is 5.65. The first-order valence-electron chi connectivity index (χ1n) is 9.14. The number of rotatable bonds is 5. The van der Waals surface area contributed by atoms with Crippen molar-refractivity contribution in [3.8, 4) is 5.75 Å². The highest BCUT2D eigenvalue weighted by molar-refractivity contribution is 7.91. The number of nitrogens with one attached hydrogen (secondary N) is 2. The molecular formula is C20H24N2O5S. The number of amides is 2. The van der Waals surface area contributed by atoms with Gasteiger partial charge in [0.05, 0.1) is 24.5 Å². The Hall–Kier alpha value is -2.61. The van der Waals surface area contributed by atoms with Crippen molar-refractivity contribution < 1.29 is 22.7 Å². The number of ether oxygens (including phenoxy) is 1. The van der Waals surface area contributed by atoms with E-state index in [1.807, 2.05) is 36.4 Å². The SMILES string of the molecule is COc1ccc2cc([C@H](C)C(=O)NNC(=O)C[C@H]3CCS(=O)(=O)C3)ccc2c1. The molecule has 0 bridgehead atoms. The van der Waals surface area contributed by atoms with Gasteiger partial charge >= 0.3 is 0 Å². The Morgan fingerprint density at radius 2 is 1.86 bits per heavy atom. The smallest absolute Gasteiger partial charge is 0.245 e. The van der Waals surface area contributed by atoms with Gasteiger partial charge in [0.2, 0.25) is 11.8 Å². The minimum Gasteiger partial charge on any atom is -0.497 e. The molecule has 0 aromatic heterocycles. The topological polar surface area (TPSA) is 102 Å². The summed E-state index contributed by atoms with van der Waals surface area (Å²) in [7, 11) is -1.41. The second-order valence-electron chi connectivity index (χ2n) is 7.20. The first kappa shape index (κ1) is 20.1. The predicted octanol–water partition coefficient (Wildman–Crippen LogP) is 1.92. The molecule has 1 saturated heterocycles. The van der Waals surface area contributed by atoms with Gasteiger partial charge in [-0.2, -0.15) is 0 Å². The molecule has 3 rings (SSSR count). The third-order valence-corrected chi connectivity index (χ3v) is 6.93. The molecule has 0 radical (unpaired) electrons. The zero-order valence-corrected chi connectivity index (χ0v) is 16.7. The number of methoxy groups -OCH3 is 1. The van der Waals surface area contributed by atoms with Gasteiger partial charge in [0.1, 0.15) is 5.75 Å². The number of fused-ring (bicyclic) bond motifs is 1. The van der Waals surface area contributed by atoms with Crippen LogP contribution in [0.2, 0.25) is 0 Å². The van der Waals surface area contributed by atoms with E-state index in [9.17, 15) is 18.0 Å². The molecular weight excluding hydrogens is 380 g/mol. The van der Waals surface area contributed by atoms with Crippen LogP contribution in [0.1, 0.15) is 31.2 Å². The quantitative estimate of drug-likeness (QED) is 0.742. The van der Waals surface area contributed by atoms with E-state index < -0.39 is 15.8 Å². The van der Waals surface area contributed by atoms with Crippen LogP contribution in [-0.2, 0) is 19.4 Å². The molecule has 7 nitrogen and oxygen atoms in total. The average molecular weight is 404 g/mol. The summed E-state index contributed by atoms with van der Waals surface area (Å²) in [5, 5.41) is 2.00. The molecule has 2 atom stereocenters. The molecule has 8 heteroatoms. The van der Waals surface area contributed by atoms with Crippen LogP contribution < -0.4 is 15.6 Å². The minimum atomic E-state index is -3.02. The molecule has 150 valence electrons. The molecule has 0 unspecified atom stereocenters. The number of benzene rings is 2. The average Bonchev–Trinajstić information content (AvgIpc) is 3.02. The zero-order chi connectivity index (χ0) is 20.3. The number of hydrogen-bond donors (Lipinski definition) is 2. The van der Waals surface area contributed by atoms with E-state index in [-0.39, 0.29) is 35.7 Å². The van der Waals surface area contributed by atoms with Crippen LogP contribution >= 0.6 is 0 Å². The van der Waals surface area contributed by atoms with Gasteiger partial charge in [-0.1, -0.05) is 24.3 Å². The van der Waals surface area contributed by atoms with Crippen molar-refractivity contribution in [3.05, 3.63) is 42.0 Å². The Balaban J connectivity index is 1.56. The van der Waals surface area contributed by atoms with Gasteiger partial charge in [-0.15, -0.1) is 0 Å². The maximum atomic E-state index is 12.4. The van der Waals surface area contributed by atoms with Crippen LogP contribution in [0.4, 0.5) is 0 Å². The van der Waals surface area contributed by atoms with Gasteiger partial charge in [0, 0.05) is 6.42 Å². The van der Waals surface area contributed by atoms with Crippen molar-refractivity contribution in [1.29, 1.82) is 0 Å². The van der Waals surface area contributed by atoms with Crippen LogP contribution in [0.3, 0.4) is 0 Å². The Bertz CT molecular complexity index is 1000. The molecule has 0 saturated carbocycles. The van der Waals surface area contributed by atoms with Crippen molar-refractivity contribution in [3.63, 3.8) is 0 Å². The fourth-order valence-electron chi connectivity index (χ4n) is 3.38. The third kappa shape index (κ3) is 4.81. The van der Waals surface area contributed by atoms with E-state index in [0.717, 1.165) is 22.1 Å². The lowest BCUT2D eigenvalue weighted by atomic mass is 9.97. The molecule has 1 heterocycles. The molecule has 0 aliphatic carbocycles. The van der Waals surface area contributed by atoms with E-state index in [0.29, 0.717) is 6.42 Å². The zero-order valence-electron chi connectivity index (χ0n) is 15.9. The number of hydrazine groups is 1. The highest BCUT2D eigenvalue weighted by Gasteiger charge is 2.29.